The summed E-state index contributed by atoms with van der Waals surface area (Å²) in [6.45, 7) is 1.94. The molecule has 5 nitrogen and oxygen atoms in total. The van der Waals surface area contributed by atoms with Crippen LogP contribution in [0.3, 0.4) is 0 Å². The average molecular weight is 331 g/mol. The molecule has 22 heavy (non-hydrogen) atoms. The molecule has 0 aliphatic carbocycles. The van der Waals surface area contributed by atoms with Crippen molar-refractivity contribution < 1.29 is 0 Å². The van der Waals surface area contributed by atoms with Crippen molar-refractivity contribution >= 4 is 46.0 Å². The van der Waals surface area contributed by atoms with E-state index in [9.17, 15) is 0 Å². The Balaban J connectivity index is 1.89. The SMILES string of the molecule is CSC1=CN(Nc2ccc3nc(C)cc(N)c3c2)SC(N)=C1. The Morgan fingerprint density at radius 3 is 2.86 bits per heavy atom. The number of benzene rings is 1. The van der Waals surface area contributed by atoms with E-state index in [1.165, 1.54) is 11.9 Å². The van der Waals surface area contributed by atoms with Crippen LogP contribution >= 0.6 is 23.7 Å². The molecule has 0 saturated heterocycles. The molecule has 1 aliphatic rings. The molecule has 0 bridgehead atoms. The molecular weight excluding hydrogens is 314 g/mol. The van der Waals surface area contributed by atoms with Crippen molar-refractivity contribution in [2.24, 2.45) is 5.73 Å². The van der Waals surface area contributed by atoms with Gasteiger partial charge in [-0.15, -0.1) is 11.8 Å². The van der Waals surface area contributed by atoms with Gasteiger partial charge < -0.3 is 11.5 Å². The number of nitrogen functional groups attached to an aromatic ring is 1. The first-order chi connectivity index (χ1) is 10.5. The van der Waals surface area contributed by atoms with Crippen LogP contribution in [-0.4, -0.2) is 15.7 Å². The summed E-state index contributed by atoms with van der Waals surface area (Å²) in [5.41, 5.74) is 18.8. The van der Waals surface area contributed by atoms with Gasteiger partial charge >= 0.3 is 0 Å². The van der Waals surface area contributed by atoms with Gasteiger partial charge in [-0.2, -0.15) is 0 Å². The van der Waals surface area contributed by atoms with Crippen molar-refractivity contribution in [2.45, 2.75) is 6.92 Å². The summed E-state index contributed by atoms with van der Waals surface area (Å²) >= 11 is 3.09. The minimum Gasteiger partial charge on any atom is -0.398 e. The normalized spacial score (nSPS) is 14.7. The zero-order valence-corrected chi connectivity index (χ0v) is 14.0. The monoisotopic (exact) mass is 331 g/mol. The molecule has 2 aromatic rings. The molecule has 0 saturated carbocycles. The van der Waals surface area contributed by atoms with Gasteiger partial charge in [0.15, 0.2) is 0 Å². The first-order valence-corrected chi connectivity index (χ1v) is 8.68. The summed E-state index contributed by atoms with van der Waals surface area (Å²) in [4.78, 5) is 5.59. The predicted molar refractivity (Wildman–Crippen MR) is 97.8 cm³/mol. The van der Waals surface area contributed by atoms with Gasteiger partial charge in [0.25, 0.3) is 0 Å². The number of thioether (sulfide) groups is 1. The minimum atomic E-state index is 0.734. The van der Waals surface area contributed by atoms with Gasteiger partial charge in [0.1, 0.15) is 0 Å². The molecule has 0 fully saturated rings. The molecule has 7 heteroatoms. The third-order valence-electron chi connectivity index (χ3n) is 3.18. The fourth-order valence-electron chi connectivity index (χ4n) is 2.21. The van der Waals surface area contributed by atoms with Crippen molar-refractivity contribution in [3.05, 3.63) is 52.2 Å². The molecule has 0 radical (unpaired) electrons. The third-order valence-corrected chi connectivity index (χ3v) is 4.59. The number of hydrogen-bond acceptors (Lipinski definition) is 7. The van der Waals surface area contributed by atoms with E-state index in [0.717, 1.165) is 37.9 Å². The maximum atomic E-state index is 6.09. The maximum absolute atomic E-state index is 6.09. The fraction of sp³-hybridized carbons (Fsp3) is 0.133. The van der Waals surface area contributed by atoms with Crippen LogP contribution in [0, 0.1) is 6.92 Å². The molecule has 0 amide bonds. The van der Waals surface area contributed by atoms with Gasteiger partial charge in [0, 0.05) is 39.8 Å². The summed E-state index contributed by atoms with van der Waals surface area (Å²) in [6.07, 6.45) is 5.99. The van der Waals surface area contributed by atoms with Crippen LogP contribution in [0.15, 0.2) is 46.5 Å². The van der Waals surface area contributed by atoms with Crippen LogP contribution in [0.5, 0.6) is 0 Å². The van der Waals surface area contributed by atoms with E-state index < -0.39 is 0 Å². The van der Waals surface area contributed by atoms with E-state index in [2.05, 4.69) is 10.4 Å². The van der Waals surface area contributed by atoms with Gasteiger partial charge in [-0.1, -0.05) is 0 Å². The van der Waals surface area contributed by atoms with Gasteiger partial charge in [0.05, 0.1) is 16.2 Å². The highest BCUT2D eigenvalue weighted by Gasteiger charge is 2.11. The van der Waals surface area contributed by atoms with Crippen LogP contribution in [0.4, 0.5) is 11.4 Å². The topological polar surface area (TPSA) is 80.2 Å². The van der Waals surface area contributed by atoms with Crippen LogP contribution < -0.4 is 16.9 Å². The molecule has 0 unspecified atom stereocenters. The standard InChI is InChI=1S/C15H17N5S2/c1-9-5-13(16)12-6-10(3-4-14(12)18-9)19-20-8-11(21-2)7-15(17)22-20/h3-8,19H,17H2,1-2H3,(H2,16,18). The number of pyridine rings is 1. The van der Waals surface area contributed by atoms with E-state index in [1.807, 2.05) is 54.1 Å². The van der Waals surface area contributed by atoms with E-state index in [4.69, 9.17) is 11.5 Å². The Bertz CT molecular complexity index is 785. The second-order valence-corrected chi connectivity index (χ2v) is 6.82. The Morgan fingerprint density at radius 1 is 1.27 bits per heavy atom. The Labute approximate surface area is 137 Å². The number of aryl methyl sites for hydroxylation is 1. The largest absolute Gasteiger partial charge is 0.398 e. The summed E-state index contributed by atoms with van der Waals surface area (Å²) in [6, 6.07) is 7.83. The summed E-state index contributed by atoms with van der Waals surface area (Å²) in [7, 11) is 0. The number of anilines is 2. The molecule has 3 rings (SSSR count). The van der Waals surface area contributed by atoms with Crippen molar-refractivity contribution in [1.82, 2.24) is 9.40 Å². The van der Waals surface area contributed by atoms with E-state index >= 15 is 0 Å². The predicted octanol–water partition coefficient (Wildman–Crippen LogP) is 3.42. The molecule has 0 atom stereocenters. The van der Waals surface area contributed by atoms with E-state index in [-0.39, 0.29) is 0 Å². The van der Waals surface area contributed by atoms with Gasteiger partial charge in [-0.3, -0.25) is 10.4 Å². The molecule has 1 aliphatic heterocycles. The number of nitrogens with zero attached hydrogens (tertiary/aromatic N) is 2. The Morgan fingerprint density at radius 2 is 2.09 bits per heavy atom. The molecular formula is C15H17N5S2. The molecule has 5 N–H and O–H groups in total. The highest BCUT2D eigenvalue weighted by atomic mass is 32.2. The maximum Gasteiger partial charge on any atom is 0.0897 e. The molecule has 114 valence electrons. The smallest absolute Gasteiger partial charge is 0.0897 e. The number of rotatable bonds is 3. The lowest BCUT2D eigenvalue weighted by molar-refractivity contribution is 0.751. The molecule has 1 aromatic carbocycles. The Kier molecular flexibility index (Phi) is 4.08. The van der Waals surface area contributed by atoms with E-state index in [1.54, 1.807) is 11.8 Å². The van der Waals surface area contributed by atoms with Gasteiger partial charge in [-0.05, 0) is 43.5 Å². The third kappa shape index (κ3) is 3.10. The highest BCUT2D eigenvalue weighted by molar-refractivity contribution is 8.03. The lowest BCUT2D eigenvalue weighted by Gasteiger charge is -2.25. The van der Waals surface area contributed by atoms with Gasteiger partial charge in [0.2, 0.25) is 0 Å². The summed E-state index contributed by atoms with van der Waals surface area (Å²) in [5.74, 6) is 0. The van der Waals surface area contributed by atoms with E-state index in [0.29, 0.717) is 0 Å². The van der Waals surface area contributed by atoms with Crippen LogP contribution in [0.1, 0.15) is 5.69 Å². The Hall–Kier alpha value is -1.99. The first-order valence-electron chi connectivity index (χ1n) is 6.69. The number of allylic oxidation sites excluding steroid dienone is 1. The van der Waals surface area contributed by atoms with Crippen molar-refractivity contribution in [3.8, 4) is 0 Å². The highest BCUT2D eigenvalue weighted by Crippen LogP contribution is 2.31. The second-order valence-electron chi connectivity index (χ2n) is 4.90. The van der Waals surface area contributed by atoms with Crippen molar-refractivity contribution in [1.29, 1.82) is 0 Å². The van der Waals surface area contributed by atoms with Crippen LogP contribution in [0.25, 0.3) is 10.9 Å². The molecule has 2 heterocycles. The number of aromatic nitrogens is 1. The summed E-state index contributed by atoms with van der Waals surface area (Å²) in [5, 5.41) is 1.69. The van der Waals surface area contributed by atoms with Crippen molar-refractivity contribution in [3.63, 3.8) is 0 Å². The fourth-order valence-corrected chi connectivity index (χ4v) is 3.53. The zero-order chi connectivity index (χ0) is 15.7. The summed E-state index contributed by atoms with van der Waals surface area (Å²) < 4.78 is 1.89. The van der Waals surface area contributed by atoms with Gasteiger partial charge in [-0.25, -0.2) is 4.41 Å². The zero-order valence-electron chi connectivity index (χ0n) is 12.3. The number of nitrogens with one attached hydrogen (secondary N) is 1. The van der Waals surface area contributed by atoms with Crippen molar-refractivity contribution in [2.75, 3.05) is 17.4 Å². The lowest BCUT2D eigenvalue weighted by atomic mass is 10.1. The number of hydrazine groups is 1. The lowest BCUT2D eigenvalue weighted by Crippen LogP contribution is -2.20. The number of nitrogens with two attached hydrogens (primary N) is 2. The molecule has 1 aromatic heterocycles. The molecule has 0 spiro atoms. The number of fused-ring (bicyclic) bond motifs is 1. The van der Waals surface area contributed by atoms with Crippen LogP contribution in [0.2, 0.25) is 0 Å². The second kappa shape index (κ2) is 6.02. The quantitative estimate of drug-likeness (QED) is 0.744. The first kappa shape index (κ1) is 14.9. The minimum absolute atomic E-state index is 0.734. The number of hydrogen-bond donors (Lipinski definition) is 3. The average Bonchev–Trinajstić information content (AvgIpc) is 2.47. The van der Waals surface area contributed by atoms with Crippen LogP contribution in [-0.2, 0) is 0 Å².